The second kappa shape index (κ2) is 9.48. The molecule has 3 aliphatic rings. The van der Waals surface area contributed by atoms with Gasteiger partial charge in [0.15, 0.2) is 0 Å². The van der Waals surface area contributed by atoms with E-state index in [0.717, 1.165) is 18.4 Å². The summed E-state index contributed by atoms with van der Waals surface area (Å²) in [6.07, 6.45) is 4.86. The topological polar surface area (TPSA) is 112 Å². The van der Waals surface area contributed by atoms with Crippen molar-refractivity contribution in [3.8, 4) is 0 Å². The van der Waals surface area contributed by atoms with Crippen molar-refractivity contribution in [3.05, 3.63) is 59.3 Å². The highest BCUT2D eigenvalue weighted by Gasteiger charge is 2.47. The van der Waals surface area contributed by atoms with Crippen molar-refractivity contribution in [1.82, 2.24) is 20.1 Å². The van der Waals surface area contributed by atoms with Crippen molar-refractivity contribution in [3.63, 3.8) is 0 Å². The van der Waals surface area contributed by atoms with Crippen molar-refractivity contribution in [2.75, 3.05) is 25.0 Å². The average Bonchev–Trinajstić information content (AvgIpc) is 3.67. The Labute approximate surface area is 203 Å². The maximum absolute atomic E-state index is 13.1. The third-order valence-corrected chi connectivity index (χ3v) is 6.91. The molecule has 0 bridgehead atoms. The van der Waals surface area contributed by atoms with Gasteiger partial charge in [-0.1, -0.05) is 24.3 Å². The number of aryl methyl sites for hydroxylation is 1. The van der Waals surface area contributed by atoms with Gasteiger partial charge in [0.05, 0.1) is 12.5 Å². The largest absolute Gasteiger partial charge is 0.345 e. The van der Waals surface area contributed by atoms with Crippen LogP contribution in [0.4, 0.5) is 5.82 Å². The molecule has 2 aromatic rings. The zero-order valence-electron chi connectivity index (χ0n) is 19.7. The molecule has 9 nitrogen and oxygen atoms in total. The molecule has 3 heterocycles. The Kier molecular flexibility index (Phi) is 6.23. The Morgan fingerprint density at radius 2 is 1.86 bits per heavy atom. The van der Waals surface area contributed by atoms with Gasteiger partial charge in [0, 0.05) is 30.9 Å². The highest BCUT2D eigenvalue weighted by Crippen LogP contribution is 2.41. The normalized spacial score (nSPS) is 21.5. The van der Waals surface area contributed by atoms with Crippen LogP contribution in [-0.2, 0) is 14.4 Å². The van der Waals surface area contributed by atoms with E-state index in [2.05, 4.69) is 15.6 Å². The Hall–Kier alpha value is -3.75. The molecule has 1 aromatic heterocycles. The molecule has 2 unspecified atom stereocenters. The van der Waals surface area contributed by atoms with Crippen LogP contribution in [-0.4, -0.2) is 64.1 Å². The van der Waals surface area contributed by atoms with Gasteiger partial charge < -0.3 is 20.4 Å². The lowest BCUT2D eigenvalue weighted by Gasteiger charge is -2.32. The van der Waals surface area contributed by atoms with Crippen LogP contribution in [0.2, 0.25) is 0 Å². The first kappa shape index (κ1) is 23.0. The average molecular weight is 476 g/mol. The summed E-state index contributed by atoms with van der Waals surface area (Å²) >= 11 is 0. The second-order valence-electron chi connectivity index (χ2n) is 9.54. The molecule has 1 aliphatic carbocycles. The summed E-state index contributed by atoms with van der Waals surface area (Å²) in [5, 5.41) is 5.58. The van der Waals surface area contributed by atoms with Crippen LogP contribution in [0.25, 0.3) is 0 Å². The van der Waals surface area contributed by atoms with Gasteiger partial charge in [0.25, 0.3) is 5.91 Å². The Bertz CT molecular complexity index is 1160. The predicted octanol–water partition coefficient (Wildman–Crippen LogP) is 2.04. The molecule has 2 atom stereocenters. The zero-order chi connectivity index (χ0) is 24.5. The molecule has 1 saturated heterocycles. The summed E-state index contributed by atoms with van der Waals surface area (Å²) in [6.45, 7) is 2.60. The molecule has 2 N–H and O–H groups in total. The van der Waals surface area contributed by atoms with E-state index in [1.165, 1.54) is 0 Å². The van der Waals surface area contributed by atoms with Crippen molar-refractivity contribution < 1.29 is 19.2 Å². The van der Waals surface area contributed by atoms with Crippen LogP contribution in [0.1, 0.15) is 53.2 Å². The van der Waals surface area contributed by atoms with Gasteiger partial charge in [-0.25, -0.2) is 4.98 Å². The number of anilines is 1. The zero-order valence-corrected chi connectivity index (χ0v) is 19.7. The number of carbonyl (C=O) groups is 4. The van der Waals surface area contributed by atoms with Crippen LogP contribution < -0.4 is 10.6 Å². The van der Waals surface area contributed by atoms with Crippen LogP contribution in [0.15, 0.2) is 42.6 Å². The van der Waals surface area contributed by atoms with Gasteiger partial charge in [0.2, 0.25) is 17.7 Å². The number of benzene rings is 1. The molecule has 2 fully saturated rings. The van der Waals surface area contributed by atoms with Gasteiger partial charge in [-0.05, 0) is 55.9 Å². The number of amides is 4. The summed E-state index contributed by atoms with van der Waals surface area (Å²) < 4.78 is 0. The molecule has 4 amide bonds. The molecule has 2 aliphatic heterocycles. The van der Waals surface area contributed by atoms with E-state index in [1.807, 2.05) is 19.1 Å². The van der Waals surface area contributed by atoms with E-state index in [4.69, 9.17) is 0 Å². The van der Waals surface area contributed by atoms with Crippen molar-refractivity contribution in [2.24, 2.45) is 5.92 Å². The summed E-state index contributed by atoms with van der Waals surface area (Å²) in [4.78, 5) is 59.1. The molecule has 1 saturated carbocycles. The highest BCUT2D eigenvalue weighted by molar-refractivity contribution is 6.05. The second-order valence-corrected chi connectivity index (χ2v) is 9.54. The SMILES string of the molecule is Cc1ccc(NC(=O)C2CCCN(C(=O)CNC(=O)C3c4ccccc4C(=O)N3C3CC3)C2)nc1. The smallest absolute Gasteiger partial charge is 0.255 e. The quantitative estimate of drug-likeness (QED) is 0.664. The van der Waals surface area contributed by atoms with E-state index in [-0.39, 0.29) is 42.1 Å². The van der Waals surface area contributed by atoms with Gasteiger partial charge in [-0.2, -0.15) is 0 Å². The summed E-state index contributed by atoms with van der Waals surface area (Å²) in [7, 11) is 0. The number of carbonyl (C=O) groups excluding carboxylic acids is 4. The number of likely N-dealkylation sites (tertiary alicyclic amines) is 1. The summed E-state index contributed by atoms with van der Waals surface area (Å²) in [5.74, 6) is -0.717. The monoisotopic (exact) mass is 475 g/mol. The molecule has 0 radical (unpaired) electrons. The minimum atomic E-state index is -0.708. The van der Waals surface area contributed by atoms with Gasteiger partial charge in [-0.15, -0.1) is 0 Å². The standard InChI is InChI=1S/C26H29N5O4/c1-16-8-11-21(27-13-16)29-24(33)17-5-4-12-30(15-17)22(32)14-28-25(34)23-19-6-2-3-7-20(19)26(35)31(23)18-9-10-18/h2-3,6-8,11,13,17-18,23H,4-5,9-10,12,14-15H2,1H3,(H,28,34)(H,27,29,33). The number of rotatable bonds is 6. The number of hydrogen-bond acceptors (Lipinski definition) is 5. The van der Waals surface area contributed by atoms with Gasteiger partial charge >= 0.3 is 0 Å². The van der Waals surface area contributed by atoms with Crippen LogP contribution in [0.5, 0.6) is 0 Å². The molecular weight excluding hydrogens is 446 g/mol. The van der Waals surface area contributed by atoms with Crippen LogP contribution in [0, 0.1) is 12.8 Å². The van der Waals surface area contributed by atoms with E-state index in [9.17, 15) is 19.2 Å². The molecule has 5 rings (SSSR count). The first-order valence-electron chi connectivity index (χ1n) is 12.1. The number of piperidine rings is 1. The molecule has 9 heteroatoms. The van der Waals surface area contributed by atoms with Gasteiger partial charge in [-0.3, -0.25) is 19.2 Å². The molecular formula is C26H29N5O4. The lowest BCUT2D eigenvalue weighted by molar-refractivity contribution is -0.136. The fraction of sp³-hybridized carbons (Fsp3) is 0.423. The number of pyridine rings is 1. The number of aromatic nitrogens is 1. The molecule has 182 valence electrons. The summed E-state index contributed by atoms with van der Waals surface area (Å²) in [6, 6.07) is 10.2. The Balaban J connectivity index is 1.18. The fourth-order valence-corrected chi connectivity index (χ4v) is 4.89. The number of nitrogens with zero attached hydrogens (tertiary/aromatic N) is 3. The van der Waals surface area contributed by atoms with E-state index < -0.39 is 6.04 Å². The van der Waals surface area contributed by atoms with E-state index >= 15 is 0 Å². The lowest BCUT2D eigenvalue weighted by Crippen LogP contribution is -2.48. The van der Waals surface area contributed by atoms with Crippen molar-refractivity contribution >= 4 is 29.4 Å². The van der Waals surface area contributed by atoms with E-state index in [0.29, 0.717) is 42.9 Å². The third kappa shape index (κ3) is 4.76. The fourth-order valence-electron chi connectivity index (χ4n) is 4.89. The number of fused-ring (bicyclic) bond motifs is 1. The van der Waals surface area contributed by atoms with Gasteiger partial charge in [0.1, 0.15) is 11.9 Å². The minimum absolute atomic E-state index is 0.0748. The molecule has 1 aromatic carbocycles. The summed E-state index contributed by atoms with van der Waals surface area (Å²) in [5.41, 5.74) is 2.25. The van der Waals surface area contributed by atoms with Crippen LogP contribution >= 0.6 is 0 Å². The van der Waals surface area contributed by atoms with Crippen molar-refractivity contribution in [1.29, 1.82) is 0 Å². The Morgan fingerprint density at radius 3 is 2.60 bits per heavy atom. The lowest BCUT2D eigenvalue weighted by atomic mass is 9.97. The first-order chi connectivity index (χ1) is 16.9. The Morgan fingerprint density at radius 1 is 1.06 bits per heavy atom. The van der Waals surface area contributed by atoms with Crippen molar-refractivity contribution in [2.45, 2.75) is 44.7 Å². The predicted molar refractivity (Wildman–Crippen MR) is 128 cm³/mol. The maximum atomic E-state index is 13.1. The highest BCUT2D eigenvalue weighted by atomic mass is 16.2. The molecule has 0 spiro atoms. The third-order valence-electron chi connectivity index (χ3n) is 6.91. The maximum Gasteiger partial charge on any atom is 0.255 e. The molecule has 35 heavy (non-hydrogen) atoms. The number of nitrogens with one attached hydrogen (secondary N) is 2. The first-order valence-corrected chi connectivity index (χ1v) is 12.1. The van der Waals surface area contributed by atoms with Crippen LogP contribution in [0.3, 0.4) is 0 Å². The number of hydrogen-bond donors (Lipinski definition) is 2. The van der Waals surface area contributed by atoms with E-state index in [1.54, 1.807) is 40.3 Å². The minimum Gasteiger partial charge on any atom is -0.345 e.